The Kier molecular flexibility index (Phi) is 5.88. The third-order valence-corrected chi connectivity index (χ3v) is 4.71. The van der Waals surface area contributed by atoms with Crippen LogP contribution >= 0.6 is 0 Å². The molecule has 0 spiro atoms. The molecule has 0 aliphatic heterocycles. The molecular weight excluding hydrogens is 328 g/mol. The van der Waals surface area contributed by atoms with Gasteiger partial charge in [0.2, 0.25) is 15.9 Å². The average molecular weight is 348 g/mol. The molecule has 1 aromatic carbocycles. The van der Waals surface area contributed by atoms with Crippen LogP contribution in [-0.2, 0) is 14.8 Å². The normalized spacial score (nSPS) is 11.1. The van der Waals surface area contributed by atoms with E-state index in [-0.39, 0.29) is 23.8 Å². The van der Waals surface area contributed by atoms with Gasteiger partial charge in [-0.25, -0.2) is 18.1 Å². The maximum Gasteiger partial charge on any atom is 0.240 e. The lowest BCUT2D eigenvalue weighted by Gasteiger charge is -2.12. The number of hydrogen-bond donors (Lipinski definition) is 2. The molecule has 7 nitrogen and oxygen atoms in total. The molecule has 0 aliphatic rings. The van der Waals surface area contributed by atoms with Crippen molar-refractivity contribution >= 4 is 27.4 Å². The Morgan fingerprint density at radius 3 is 2.42 bits per heavy atom. The highest BCUT2D eigenvalue weighted by Crippen LogP contribution is 2.12. The number of anilines is 2. The predicted octanol–water partition coefficient (Wildman–Crippen LogP) is 1.45. The Balaban J connectivity index is 1.83. The SMILES string of the molecule is CN(C)c1ccc(NC(=O)CCNS(=O)(=O)c2ccccc2)nc1. The fourth-order valence-electron chi connectivity index (χ4n) is 1.91. The first kappa shape index (κ1) is 17.9. The van der Waals surface area contributed by atoms with Crippen LogP contribution < -0.4 is 14.9 Å². The summed E-state index contributed by atoms with van der Waals surface area (Å²) < 4.78 is 26.4. The van der Waals surface area contributed by atoms with E-state index in [1.165, 1.54) is 12.1 Å². The highest BCUT2D eigenvalue weighted by Gasteiger charge is 2.13. The number of carbonyl (C=O) groups is 1. The number of sulfonamides is 1. The van der Waals surface area contributed by atoms with E-state index in [4.69, 9.17) is 0 Å². The van der Waals surface area contributed by atoms with Crippen LogP contribution in [0, 0.1) is 0 Å². The first-order valence-corrected chi connectivity index (χ1v) is 8.85. The topological polar surface area (TPSA) is 91.4 Å². The van der Waals surface area contributed by atoms with Crippen molar-refractivity contribution in [1.82, 2.24) is 9.71 Å². The molecule has 1 heterocycles. The van der Waals surface area contributed by atoms with Gasteiger partial charge in [-0.05, 0) is 24.3 Å². The number of benzene rings is 1. The van der Waals surface area contributed by atoms with E-state index in [2.05, 4.69) is 15.0 Å². The van der Waals surface area contributed by atoms with Crippen LogP contribution in [0.4, 0.5) is 11.5 Å². The maximum absolute atomic E-state index is 12.0. The van der Waals surface area contributed by atoms with Crippen LogP contribution in [0.2, 0.25) is 0 Å². The molecule has 0 atom stereocenters. The van der Waals surface area contributed by atoms with Gasteiger partial charge in [0.1, 0.15) is 5.82 Å². The molecule has 24 heavy (non-hydrogen) atoms. The van der Waals surface area contributed by atoms with Crippen LogP contribution in [0.15, 0.2) is 53.6 Å². The van der Waals surface area contributed by atoms with Crippen LogP contribution in [-0.4, -0.2) is 39.9 Å². The lowest BCUT2D eigenvalue weighted by Crippen LogP contribution is -2.28. The van der Waals surface area contributed by atoms with Gasteiger partial charge in [0.25, 0.3) is 0 Å². The largest absolute Gasteiger partial charge is 0.376 e. The fraction of sp³-hybridized carbons (Fsp3) is 0.250. The van der Waals surface area contributed by atoms with Gasteiger partial charge < -0.3 is 10.2 Å². The van der Waals surface area contributed by atoms with E-state index >= 15 is 0 Å². The number of nitrogens with one attached hydrogen (secondary N) is 2. The molecule has 0 aliphatic carbocycles. The van der Waals surface area contributed by atoms with Gasteiger partial charge in [-0.2, -0.15) is 0 Å². The van der Waals surface area contributed by atoms with Crippen molar-refractivity contribution in [2.24, 2.45) is 0 Å². The third-order valence-electron chi connectivity index (χ3n) is 3.23. The minimum Gasteiger partial charge on any atom is -0.376 e. The van der Waals surface area contributed by atoms with E-state index in [1.807, 2.05) is 25.1 Å². The molecule has 2 N–H and O–H groups in total. The van der Waals surface area contributed by atoms with Gasteiger partial charge >= 0.3 is 0 Å². The maximum atomic E-state index is 12.0. The predicted molar refractivity (Wildman–Crippen MR) is 93.4 cm³/mol. The van der Waals surface area contributed by atoms with Crippen molar-refractivity contribution in [3.8, 4) is 0 Å². The summed E-state index contributed by atoms with van der Waals surface area (Å²) in [5, 5.41) is 2.63. The van der Waals surface area contributed by atoms with E-state index in [9.17, 15) is 13.2 Å². The highest BCUT2D eigenvalue weighted by atomic mass is 32.2. The Hall–Kier alpha value is -2.45. The molecule has 0 unspecified atom stereocenters. The first-order valence-electron chi connectivity index (χ1n) is 7.36. The van der Waals surface area contributed by atoms with Crippen molar-refractivity contribution in [3.63, 3.8) is 0 Å². The second kappa shape index (κ2) is 7.89. The van der Waals surface area contributed by atoms with Gasteiger partial charge in [-0.3, -0.25) is 4.79 Å². The van der Waals surface area contributed by atoms with Crippen molar-refractivity contribution < 1.29 is 13.2 Å². The van der Waals surface area contributed by atoms with Gasteiger partial charge in [-0.15, -0.1) is 0 Å². The van der Waals surface area contributed by atoms with Gasteiger partial charge in [0.05, 0.1) is 16.8 Å². The first-order chi connectivity index (χ1) is 11.4. The van der Waals surface area contributed by atoms with Crippen LogP contribution in [0.3, 0.4) is 0 Å². The van der Waals surface area contributed by atoms with E-state index in [0.717, 1.165) is 5.69 Å². The van der Waals surface area contributed by atoms with Crippen molar-refractivity contribution in [2.75, 3.05) is 30.9 Å². The number of rotatable bonds is 7. The average Bonchev–Trinajstić information content (AvgIpc) is 2.56. The highest BCUT2D eigenvalue weighted by molar-refractivity contribution is 7.89. The summed E-state index contributed by atoms with van der Waals surface area (Å²) in [7, 11) is 0.199. The van der Waals surface area contributed by atoms with Crippen LogP contribution in [0.25, 0.3) is 0 Å². The molecule has 8 heteroatoms. The van der Waals surface area contributed by atoms with Gasteiger partial charge in [0.15, 0.2) is 0 Å². The summed E-state index contributed by atoms with van der Waals surface area (Å²) in [6.07, 6.45) is 1.66. The Labute approximate surface area is 141 Å². The van der Waals surface area contributed by atoms with E-state index in [1.54, 1.807) is 30.5 Å². The zero-order valence-electron chi connectivity index (χ0n) is 13.6. The Bertz CT molecular complexity index is 775. The molecule has 128 valence electrons. The number of nitrogens with zero attached hydrogens (tertiary/aromatic N) is 2. The standard InChI is InChI=1S/C16H20N4O3S/c1-20(2)13-8-9-15(17-12-13)19-16(21)10-11-18-24(22,23)14-6-4-3-5-7-14/h3-9,12,18H,10-11H2,1-2H3,(H,17,19,21). The Morgan fingerprint density at radius 1 is 1.12 bits per heavy atom. The molecular formula is C16H20N4O3S. The van der Waals surface area contributed by atoms with E-state index < -0.39 is 10.0 Å². The molecule has 0 saturated carbocycles. The molecule has 2 rings (SSSR count). The number of carbonyl (C=O) groups excluding carboxylic acids is 1. The lowest BCUT2D eigenvalue weighted by atomic mass is 10.3. The summed E-state index contributed by atoms with van der Waals surface area (Å²) >= 11 is 0. The van der Waals surface area contributed by atoms with Crippen LogP contribution in [0.1, 0.15) is 6.42 Å². The molecule has 0 radical (unpaired) electrons. The number of hydrogen-bond acceptors (Lipinski definition) is 5. The third kappa shape index (κ3) is 5.04. The lowest BCUT2D eigenvalue weighted by molar-refractivity contribution is -0.116. The summed E-state index contributed by atoms with van der Waals surface area (Å²) in [5.74, 6) is 0.118. The number of pyridine rings is 1. The van der Waals surface area contributed by atoms with Crippen molar-refractivity contribution in [3.05, 3.63) is 48.7 Å². The fourth-order valence-corrected chi connectivity index (χ4v) is 2.96. The molecule has 1 aromatic heterocycles. The molecule has 1 amide bonds. The molecule has 0 bridgehead atoms. The quantitative estimate of drug-likeness (QED) is 0.790. The zero-order valence-corrected chi connectivity index (χ0v) is 14.4. The number of aromatic nitrogens is 1. The zero-order chi connectivity index (χ0) is 17.6. The monoisotopic (exact) mass is 348 g/mol. The molecule has 0 fully saturated rings. The van der Waals surface area contributed by atoms with Gasteiger partial charge in [-0.1, -0.05) is 18.2 Å². The molecule has 0 saturated heterocycles. The second-order valence-electron chi connectivity index (χ2n) is 5.31. The van der Waals surface area contributed by atoms with E-state index in [0.29, 0.717) is 5.82 Å². The smallest absolute Gasteiger partial charge is 0.240 e. The van der Waals surface area contributed by atoms with Crippen molar-refractivity contribution in [1.29, 1.82) is 0 Å². The van der Waals surface area contributed by atoms with Crippen molar-refractivity contribution in [2.45, 2.75) is 11.3 Å². The minimum absolute atomic E-state index is 0.0127. The Morgan fingerprint density at radius 2 is 1.83 bits per heavy atom. The molecule has 2 aromatic rings. The number of amides is 1. The summed E-state index contributed by atoms with van der Waals surface area (Å²) in [4.78, 5) is 18.1. The summed E-state index contributed by atoms with van der Waals surface area (Å²) in [6, 6.07) is 11.6. The second-order valence-corrected chi connectivity index (χ2v) is 7.07. The van der Waals surface area contributed by atoms with Gasteiger partial charge in [0, 0.05) is 27.1 Å². The minimum atomic E-state index is -3.60. The summed E-state index contributed by atoms with van der Waals surface area (Å²) in [5.41, 5.74) is 0.920. The summed E-state index contributed by atoms with van der Waals surface area (Å²) in [6.45, 7) is 0.0127. The van der Waals surface area contributed by atoms with Crippen LogP contribution in [0.5, 0.6) is 0 Å².